The van der Waals surface area contributed by atoms with Gasteiger partial charge in [0.05, 0.1) is 13.1 Å². The Morgan fingerprint density at radius 3 is 3.23 bits per heavy atom. The maximum atomic E-state index is 10.9. The molecule has 0 unspecified atom stereocenters. The zero-order chi connectivity index (χ0) is 9.26. The molecule has 0 aliphatic carbocycles. The predicted molar refractivity (Wildman–Crippen MR) is 46.0 cm³/mol. The first-order valence-corrected chi connectivity index (χ1v) is 4.34. The molecule has 5 nitrogen and oxygen atoms in total. The Kier molecular flexibility index (Phi) is 2.10. The summed E-state index contributed by atoms with van der Waals surface area (Å²) in [6, 6.07) is 0. The van der Waals surface area contributed by atoms with Crippen LogP contribution in [0.25, 0.3) is 0 Å². The Morgan fingerprint density at radius 2 is 2.46 bits per heavy atom. The van der Waals surface area contributed by atoms with Gasteiger partial charge in [0, 0.05) is 13.1 Å². The molecule has 0 spiro atoms. The Labute approximate surface area is 76.4 Å². The van der Waals surface area contributed by atoms with Crippen LogP contribution in [0.1, 0.15) is 12.7 Å². The van der Waals surface area contributed by atoms with Gasteiger partial charge in [0.15, 0.2) is 0 Å². The fourth-order valence-electron chi connectivity index (χ4n) is 1.57. The number of carbonyl (C=O) groups excluding carboxylic acids is 1. The van der Waals surface area contributed by atoms with Crippen LogP contribution in [-0.4, -0.2) is 38.5 Å². The third kappa shape index (κ3) is 1.75. The number of Topliss-reactive ketones (excluding diaryl/α,β-unsaturated/α-hetero) is 1. The minimum Gasteiger partial charge on any atom is -0.315 e. The molecular formula is C8H12N4O. The first-order chi connectivity index (χ1) is 6.25. The van der Waals surface area contributed by atoms with Crippen molar-refractivity contribution in [1.29, 1.82) is 0 Å². The van der Waals surface area contributed by atoms with Crippen molar-refractivity contribution in [1.82, 2.24) is 19.7 Å². The summed E-state index contributed by atoms with van der Waals surface area (Å²) in [4.78, 5) is 13.0. The fourth-order valence-corrected chi connectivity index (χ4v) is 1.57. The third-order valence-corrected chi connectivity index (χ3v) is 2.16. The molecule has 2 heterocycles. The van der Waals surface area contributed by atoms with Crippen molar-refractivity contribution < 1.29 is 4.79 Å². The molecule has 0 radical (unpaired) electrons. The van der Waals surface area contributed by atoms with Crippen molar-refractivity contribution >= 4 is 5.78 Å². The molecule has 1 aliphatic heterocycles. The highest BCUT2D eigenvalue weighted by Crippen LogP contribution is 2.07. The van der Waals surface area contributed by atoms with E-state index in [0.717, 1.165) is 25.5 Å². The summed E-state index contributed by atoms with van der Waals surface area (Å²) in [6.07, 6.45) is 1.74. The van der Waals surface area contributed by atoms with Gasteiger partial charge < -0.3 is 4.57 Å². The van der Waals surface area contributed by atoms with Crippen LogP contribution >= 0.6 is 0 Å². The predicted octanol–water partition coefficient (Wildman–Crippen LogP) is -0.317. The minimum absolute atomic E-state index is 0.202. The van der Waals surface area contributed by atoms with E-state index in [4.69, 9.17) is 0 Å². The molecule has 0 saturated heterocycles. The van der Waals surface area contributed by atoms with Crippen LogP contribution in [0, 0.1) is 0 Å². The topological polar surface area (TPSA) is 51.0 Å². The van der Waals surface area contributed by atoms with Crippen molar-refractivity contribution in [3.05, 3.63) is 12.2 Å². The summed E-state index contributed by atoms with van der Waals surface area (Å²) < 4.78 is 2.02. The SMILES string of the molecule is CC(=O)CN1CCn2cnnc2C1. The van der Waals surface area contributed by atoms with Gasteiger partial charge in [-0.25, -0.2) is 0 Å². The summed E-state index contributed by atoms with van der Waals surface area (Å²) in [5.74, 6) is 1.15. The van der Waals surface area contributed by atoms with Crippen LogP contribution < -0.4 is 0 Å². The summed E-state index contributed by atoms with van der Waals surface area (Å²) >= 11 is 0. The van der Waals surface area contributed by atoms with Crippen LogP contribution in [-0.2, 0) is 17.9 Å². The maximum absolute atomic E-state index is 10.9. The average Bonchev–Trinajstić information content (AvgIpc) is 2.49. The molecule has 13 heavy (non-hydrogen) atoms. The van der Waals surface area contributed by atoms with Gasteiger partial charge in [0.25, 0.3) is 0 Å². The molecule has 5 heteroatoms. The standard InChI is InChI=1S/C8H12N4O/c1-7(13)4-11-2-3-12-6-9-10-8(12)5-11/h6H,2-5H2,1H3. The summed E-state index contributed by atoms with van der Waals surface area (Å²) in [5.41, 5.74) is 0. The van der Waals surface area contributed by atoms with E-state index in [1.807, 2.05) is 4.57 Å². The van der Waals surface area contributed by atoms with Crippen LogP contribution in [0.4, 0.5) is 0 Å². The number of aromatic nitrogens is 3. The number of hydrogen-bond donors (Lipinski definition) is 0. The van der Waals surface area contributed by atoms with E-state index in [0.29, 0.717) is 6.54 Å². The zero-order valence-electron chi connectivity index (χ0n) is 7.60. The van der Waals surface area contributed by atoms with Crippen molar-refractivity contribution in [3.8, 4) is 0 Å². The Balaban J connectivity index is 2.04. The van der Waals surface area contributed by atoms with Gasteiger partial charge in [-0.2, -0.15) is 0 Å². The first-order valence-electron chi connectivity index (χ1n) is 4.34. The zero-order valence-corrected chi connectivity index (χ0v) is 7.60. The van der Waals surface area contributed by atoms with Crippen molar-refractivity contribution in [2.75, 3.05) is 13.1 Å². The van der Waals surface area contributed by atoms with Crippen LogP contribution in [0.5, 0.6) is 0 Å². The maximum Gasteiger partial charge on any atom is 0.147 e. The molecule has 0 fully saturated rings. The molecule has 0 atom stereocenters. The Morgan fingerprint density at radius 1 is 1.62 bits per heavy atom. The van der Waals surface area contributed by atoms with Crippen molar-refractivity contribution in [2.45, 2.75) is 20.0 Å². The van der Waals surface area contributed by atoms with Crippen molar-refractivity contribution in [2.24, 2.45) is 0 Å². The van der Waals surface area contributed by atoms with Gasteiger partial charge in [-0.15, -0.1) is 10.2 Å². The van der Waals surface area contributed by atoms with Gasteiger partial charge in [-0.1, -0.05) is 0 Å². The second-order valence-electron chi connectivity index (χ2n) is 3.35. The normalized spacial score (nSPS) is 17.0. The summed E-state index contributed by atoms with van der Waals surface area (Å²) in [5, 5.41) is 7.79. The molecular weight excluding hydrogens is 168 g/mol. The largest absolute Gasteiger partial charge is 0.315 e. The lowest BCUT2D eigenvalue weighted by Crippen LogP contribution is -2.36. The van der Waals surface area contributed by atoms with E-state index < -0.39 is 0 Å². The highest BCUT2D eigenvalue weighted by Gasteiger charge is 2.17. The number of hydrogen-bond acceptors (Lipinski definition) is 4. The number of nitrogens with zero attached hydrogens (tertiary/aromatic N) is 4. The van der Waals surface area contributed by atoms with E-state index in [1.54, 1.807) is 13.3 Å². The molecule has 1 aromatic rings. The highest BCUT2D eigenvalue weighted by atomic mass is 16.1. The van der Waals surface area contributed by atoms with E-state index in [1.165, 1.54) is 0 Å². The van der Waals surface area contributed by atoms with Gasteiger partial charge in [0.1, 0.15) is 17.9 Å². The quantitative estimate of drug-likeness (QED) is 0.626. The summed E-state index contributed by atoms with van der Waals surface area (Å²) in [7, 11) is 0. The molecule has 70 valence electrons. The Bertz CT molecular complexity index is 320. The minimum atomic E-state index is 0.202. The lowest BCUT2D eigenvalue weighted by molar-refractivity contribution is -0.118. The molecule has 0 saturated carbocycles. The second-order valence-corrected chi connectivity index (χ2v) is 3.35. The highest BCUT2D eigenvalue weighted by molar-refractivity contribution is 5.77. The molecule has 0 amide bonds. The van der Waals surface area contributed by atoms with Gasteiger partial charge >= 0.3 is 0 Å². The average molecular weight is 180 g/mol. The summed E-state index contributed by atoms with van der Waals surface area (Å²) in [6.45, 7) is 4.66. The molecule has 1 aromatic heterocycles. The molecule has 2 rings (SSSR count). The monoisotopic (exact) mass is 180 g/mol. The first kappa shape index (κ1) is 8.37. The van der Waals surface area contributed by atoms with E-state index in [9.17, 15) is 4.79 Å². The second kappa shape index (κ2) is 3.26. The molecule has 1 aliphatic rings. The van der Waals surface area contributed by atoms with E-state index >= 15 is 0 Å². The van der Waals surface area contributed by atoms with Crippen LogP contribution in [0.3, 0.4) is 0 Å². The molecule has 0 bridgehead atoms. The molecule has 0 aromatic carbocycles. The smallest absolute Gasteiger partial charge is 0.147 e. The van der Waals surface area contributed by atoms with Crippen molar-refractivity contribution in [3.63, 3.8) is 0 Å². The number of fused-ring (bicyclic) bond motifs is 1. The molecule has 0 N–H and O–H groups in total. The number of ketones is 1. The number of carbonyl (C=O) groups is 1. The number of rotatable bonds is 2. The van der Waals surface area contributed by atoms with E-state index in [-0.39, 0.29) is 5.78 Å². The fraction of sp³-hybridized carbons (Fsp3) is 0.625. The van der Waals surface area contributed by atoms with Gasteiger partial charge in [-0.3, -0.25) is 9.69 Å². The Hall–Kier alpha value is -1.23. The van der Waals surface area contributed by atoms with Gasteiger partial charge in [-0.05, 0) is 6.92 Å². The van der Waals surface area contributed by atoms with Crippen LogP contribution in [0.2, 0.25) is 0 Å². The van der Waals surface area contributed by atoms with Crippen LogP contribution in [0.15, 0.2) is 6.33 Å². The van der Waals surface area contributed by atoms with Gasteiger partial charge in [0.2, 0.25) is 0 Å². The third-order valence-electron chi connectivity index (χ3n) is 2.16. The van der Waals surface area contributed by atoms with E-state index in [2.05, 4.69) is 15.1 Å². The lowest BCUT2D eigenvalue weighted by Gasteiger charge is -2.25. The lowest BCUT2D eigenvalue weighted by atomic mass is 10.3.